The van der Waals surface area contributed by atoms with Crippen LogP contribution in [0.15, 0.2) is 17.6 Å². The van der Waals surface area contributed by atoms with E-state index >= 15 is 0 Å². The Kier molecular flexibility index (Phi) is 3.37. The number of likely N-dealkylation sites (N-methyl/N-ethyl adjacent to an activating group) is 1. The van der Waals surface area contributed by atoms with E-state index in [4.69, 9.17) is 5.11 Å². The van der Waals surface area contributed by atoms with Crippen molar-refractivity contribution in [2.24, 2.45) is 0 Å². The third-order valence-electron chi connectivity index (χ3n) is 2.65. The van der Waals surface area contributed by atoms with E-state index in [2.05, 4.69) is 4.98 Å². The number of thioether (sulfide) groups is 1. The van der Waals surface area contributed by atoms with Gasteiger partial charge in [-0.1, -0.05) is 11.8 Å². The molecule has 1 atom stereocenters. The molecular formula is C10H11N3O4S. The number of carbonyl (C=O) groups is 3. The second-order valence-corrected chi connectivity index (χ2v) is 4.75. The first-order valence-corrected chi connectivity index (χ1v) is 6.17. The first kappa shape index (κ1) is 12.6. The average Bonchev–Trinajstić information content (AvgIpc) is 2.87. The summed E-state index contributed by atoms with van der Waals surface area (Å²) in [7, 11) is 1.44. The van der Waals surface area contributed by atoms with Crippen molar-refractivity contribution < 1.29 is 19.5 Å². The van der Waals surface area contributed by atoms with Crippen LogP contribution in [0.3, 0.4) is 0 Å². The van der Waals surface area contributed by atoms with Crippen molar-refractivity contribution in [2.45, 2.75) is 17.6 Å². The van der Waals surface area contributed by atoms with Gasteiger partial charge >= 0.3 is 5.97 Å². The quantitative estimate of drug-likeness (QED) is 0.610. The summed E-state index contributed by atoms with van der Waals surface area (Å²) in [6.07, 6.45) is 3.16. The third-order valence-corrected chi connectivity index (χ3v) is 3.62. The summed E-state index contributed by atoms with van der Waals surface area (Å²) in [6.45, 7) is 0. The van der Waals surface area contributed by atoms with Crippen LogP contribution in [0.2, 0.25) is 0 Å². The van der Waals surface area contributed by atoms with Crippen molar-refractivity contribution >= 4 is 29.5 Å². The van der Waals surface area contributed by atoms with Gasteiger partial charge in [0.2, 0.25) is 5.91 Å². The van der Waals surface area contributed by atoms with E-state index in [1.165, 1.54) is 13.2 Å². The molecule has 2 heterocycles. The highest BCUT2D eigenvalue weighted by Gasteiger charge is 2.38. The normalized spacial score (nSPS) is 19.6. The Labute approximate surface area is 107 Å². The summed E-state index contributed by atoms with van der Waals surface area (Å²) in [5.41, 5.74) is 0. The average molecular weight is 269 g/mol. The molecule has 0 saturated carbocycles. The van der Waals surface area contributed by atoms with E-state index in [1.54, 1.807) is 10.8 Å². The van der Waals surface area contributed by atoms with Gasteiger partial charge in [-0.2, -0.15) is 0 Å². The molecule has 7 nitrogen and oxygen atoms in total. The Hall–Kier alpha value is -1.83. The van der Waals surface area contributed by atoms with Gasteiger partial charge in [0.25, 0.3) is 5.91 Å². The molecule has 1 N–H and O–H groups in total. The molecule has 1 aromatic rings. The Morgan fingerprint density at radius 1 is 1.61 bits per heavy atom. The standard InChI is InChI=1S/C10H11N3O4S/c1-12-7(14)4-6(9(12)17)13-3-2-11-10(13)18-5-8(15)16/h2-3,6H,4-5H2,1H3,(H,15,16). The summed E-state index contributed by atoms with van der Waals surface area (Å²) in [6, 6.07) is -0.610. The molecule has 96 valence electrons. The topological polar surface area (TPSA) is 92.5 Å². The lowest BCUT2D eigenvalue weighted by Crippen LogP contribution is -2.27. The van der Waals surface area contributed by atoms with Gasteiger partial charge in [-0.05, 0) is 0 Å². The van der Waals surface area contributed by atoms with Gasteiger partial charge in [0, 0.05) is 19.4 Å². The van der Waals surface area contributed by atoms with Crippen LogP contribution in [0.25, 0.3) is 0 Å². The molecule has 1 saturated heterocycles. The molecule has 1 aliphatic rings. The van der Waals surface area contributed by atoms with Crippen molar-refractivity contribution in [3.8, 4) is 0 Å². The number of hydrogen-bond acceptors (Lipinski definition) is 5. The fourth-order valence-corrected chi connectivity index (χ4v) is 2.45. The van der Waals surface area contributed by atoms with Crippen LogP contribution in [-0.2, 0) is 14.4 Å². The minimum atomic E-state index is -0.958. The number of rotatable bonds is 4. The zero-order chi connectivity index (χ0) is 13.3. The molecule has 0 spiro atoms. The van der Waals surface area contributed by atoms with Crippen LogP contribution in [-0.4, -0.2) is 50.1 Å². The molecule has 0 aliphatic carbocycles. The van der Waals surface area contributed by atoms with Crippen molar-refractivity contribution in [3.05, 3.63) is 12.4 Å². The molecule has 8 heteroatoms. The first-order chi connectivity index (χ1) is 8.50. The molecule has 18 heavy (non-hydrogen) atoms. The molecule has 0 aromatic carbocycles. The highest BCUT2D eigenvalue weighted by atomic mass is 32.2. The fourth-order valence-electron chi connectivity index (χ4n) is 1.73. The predicted molar refractivity (Wildman–Crippen MR) is 62.0 cm³/mol. The number of nitrogens with zero attached hydrogens (tertiary/aromatic N) is 3. The number of aromatic nitrogens is 2. The molecule has 2 amide bonds. The van der Waals surface area contributed by atoms with Crippen LogP contribution < -0.4 is 0 Å². The number of carbonyl (C=O) groups excluding carboxylic acids is 2. The van der Waals surface area contributed by atoms with E-state index in [-0.39, 0.29) is 24.0 Å². The van der Waals surface area contributed by atoms with E-state index in [0.29, 0.717) is 5.16 Å². The summed E-state index contributed by atoms with van der Waals surface area (Å²) >= 11 is 1.02. The third kappa shape index (κ3) is 2.23. The number of carboxylic acid groups (broad SMARTS) is 1. The Bertz CT molecular complexity index is 513. The van der Waals surface area contributed by atoms with Crippen molar-refractivity contribution in [1.82, 2.24) is 14.5 Å². The van der Waals surface area contributed by atoms with Gasteiger partial charge in [0.1, 0.15) is 6.04 Å². The van der Waals surface area contributed by atoms with Crippen LogP contribution >= 0.6 is 11.8 Å². The first-order valence-electron chi connectivity index (χ1n) is 5.18. The molecule has 0 bridgehead atoms. The second kappa shape index (κ2) is 4.81. The monoisotopic (exact) mass is 269 g/mol. The van der Waals surface area contributed by atoms with Crippen LogP contribution in [0.1, 0.15) is 12.5 Å². The molecular weight excluding hydrogens is 258 g/mol. The smallest absolute Gasteiger partial charge is 0.313 e. The molecule has 1 aliphatic heterocycles. The largest absolute Gasteiger partial charge is 0.481 e. The van der Waals surface area contributed by atoms with E-state index in [9.17, 15) is 14.4 Å². The summed E-state index contributed by atoms with van der Waals surface area (Å²) < 4.78 is 1.55. The summed E-state index contributed by atoms with van der Waals surface area (Å²) in [5, 5.41) is 9.05. The zero-order valence-electron chi connectivity index (χ0n) is 9.57. The summed E-state index contributed by atoms with van der Waals surface area (Å²) in [5.74, 6) is -1.63. The lowest BCUT2D eigenvalue weighted by Gasteiger charge is -2.12. The van der Waals surface area contributed by atoms with Gasteiger partial charge in [0.05, 0.1) is 12.2 Å². The number of likely N-dealkylation sites (tertiary alicyclic amines) is 1. The van der Waals surface area contributed by atoms with Gasteiger partial charge in [0.15, 0.2) is 5.16 Å². The van der Waals surface area contributed by atoms with Crippen molar-refractivity contribution in [2.75, 3.05) is 12.8 Å². The van der Waals surface area contributed by atoms with E-state index in [0.717, 1.165) is 16.7 Å². The highest BCUT2D eigenvalue weighted by Crippen LogP contribution is 2.28. The second-order valence-electron chi connectivity index (χ2n) is 3.81. The molecule has 1 aromatic heterocycles. The SMILES string of the molecule is CN1C(=O)CC(n2ccnc2SCC(=O)O)C1=O. The maximum absolute atomic E-state index is 11.8. The molecule has 1 fully saturated rings. The maximum Gasteiger partial charge on any atom is 0.313 e. The molecule has 0 radical (unpaired) electrons. The van der Waals surface area contributed by atoms with Gasteiger partial charge in [-0.25, -0.2) is 4.98 Å². The fraction of sp³-hybridized carbons (Fsp3) is 0.400. The van der Waals surface area contributed by atoms with Gasteiger partial charge in [-0.15, -0.1) is 0 Å². The number of carboxylic acids is 1. The molecule has 2 rings (SSSR count). The minimum Gasteiger partial charge on any atom is -0.481 e. The maximum atomic E-state index is 11.8. The predicted octanol–water partition coefficient (Wildman–Crippen LogP) is -0.0104. The van der Waals surface area contributed by atoms with Crippen LogP contribution in [0.4, 0.5) is 0 Å². The number of aliphatic carboxylic acids is 1. The number of amides is 2. The Balaban J connectivity index is 2.19. The van der Waals surface area contributed by atoms with E-state index in [1.807, 2.05) is 0 Å². The lowest BCUT2D eigenvalue weighted by molar-refractivity contribution is -0.137. The zero-order valence-corrected chi connectivity index (χ0v) is 10.4. The summed E-state index contributed by atoms with van der Waals surface area (Å²) in [4.78, 5) is 38.9. The van der Waals surface area contributed by atoms with Crippen molar-refractivity contribution in [3.63, 3.8) is 0 Å². The lowest BCUT2D eigenvalue weighted by atomic mass is 10.2. The number of hydrogen-bond donors (Lipinski definition) is 1. The van der Waals surface area contributed by atoms with E-state index < -0.39 is 12.0 Å². The highest BCUT2D eigenvalue weighted by molar-refractivity contribution is 7.99. The minimum absolute atomic E-state index is 0.0896. The van der Waals surface area contributed by atoms with Crippen LogP contribution in [0.5, 0.6) is 0 Å². The van der Waals surface area contributed by atoms with Crippen LogP contribution in [0, 0.1) is 0 Å². The Morgan fingerprint density at radius 3 is 2.89 bits per heavy atom. The number of imide groups is 1. The van der Waals surface area contributed by atoms with Crippen molar-refractivity contribution in [1.29, 1.82) is 0 Å². The molecule has 1 unspecified atom stereocenters. The number of imidazole rings is 1. The Morgan fingerprint density at radius 2 is 2.33 bits per heavy atom. The van der Waals surface area contributed by atoms with Gasteiger partial charge < -0.3 is 9.67 Å². The van der Waals surface area contributed by atoms with Gasteiger partial charge in [-0.3, -0.25) is 19.3 Å².